The molecule has 0 aliphatic rings. The minimum Gasteiger partial charge on any atom is -0.311 e. The first-order valence-corrected chi connectivity index (χ1v) is 7.38. The van der Waals surface area contributed by atoms with Gasteiger partial charge in [-0.2, -0.15) is 0 Å². The molecule has 2 heterocycles. The largest absolute Gasteiger partial charge is 0.311 e. The predicted molar refractivity (Wildman–Crippen MR) is 87.3 cm³/mol. The lowest BCUT2D eigenvalue weighted by Crippen LogP contribution is -2.14. The lowest BCUT2D eigenvalue weighted by molar-refractivity contribution is -0.116. The van der Waals surface area contributed by atoms with Crippen LogP contribution in [0.15, 0.2) is 55.1 Å². The Hall–Kier alpha value is -3.02. The Balaban J connectivity index is 1.64. The highest BCUT2D eigenvalue weighted by molar-refractivity contribution is 5.90. The number of nitrogens with zero attached hydrogens (tertiary/aromatic N) is 4. The molecule has 23 heavy (non-hydrogen) atoms. The van der Waals surface area contributed by atoms with Crippen LogP contribution in [0.25, 0.3) is 5.82 Å². The Labute approximate surface area is 134 Å². The van der Waals surface area contributed by atoms with Crippen molar-refractivity contribution >= 4 is 11.7 Å². The van der Waals surface area contributed by atoms with Crippen LogP contribution in [0, 0.1) is 6.92 Å². The van der Waals surface area contributed by atoms with Crippen molar-refractivity contribution in [3.05, 3.63) is 66.5 Å². The molecule has 3 rings (SSSR count). The van der Waals surface area contributed by atoms with Gasteiger partial charge in [0, 0.05) is 24.9 Å². The van der Waals surface area contributed by atoms with Gasteiger partial charge < -0.3 is 5.32 Å². The van der Waals surface area contributed by atoms with Gasteiger partial charge in [0.25, 0.3) is 0 Å². The third-order valence-corrected chi connectivity index (χ3v) is 3.48. The van der Waals surface area contributed by atoms with Crippen LogP contribution in [-0.4, -0.2) is 25.4 Å². The number of aryl methyl sites for hydroxylation is 2. The van der Waals surface area contributed by atoms with E-state index < -0.39 is 0 Å². The maximum atomic E-state index is 12.1. The molecule has 6 nitrogen and oxygen atoms in total. The first-order chi connectivity index (χ1) is 11.2. The summed E-state index contributed by atoms with van der Waals surface area (Å²) in [5.41, 5.74) is 1.14. The minimum absolute atomic E-state index is 0.0687. The van der Waals surface area contributed by atoms with E-state index in [2.05, 4.69) is 20.3 Å². The molecule has 0 aliphatic carbocycles. The van der Waals surface area contributed by atoms with Crippen LogP contribution in [0.1, 0.15) is 17.8 Å². The van der Waals surface area contributed by atoms with E-state index in [1.54, 1.807) is 12.3 Å². The molecule has 1 amide bonds. The molecule has 3 aromatic rings. The SMILES string of the molecule is Cc1nccn1-c1cc(NC(=O)CCc2ccccc2)ncn1. The Bertz CT molecular complexity index is 798. The van der Waals surface area contributed by atoms with Gasteiger partial charge in [0.1, 0.15) is 23.8 Å². The zero-order valence-corrected chi connectivity index (χ0v) is 12.8. The maximum absolute atomic E-state index is 12.1. The monoisotopic (exact) mass is 307 g/mol. The van der Waals surface area contributed by atoms with Gasteiger partial charge in [0.2, 0.25) is 5.91 Å². The molecule has 1 N–H and O–H groups in total. The van der Waals surface area contributed by atoms with Gasteiger partial charge in [0.05, 0.1) is 0 Å². The standard InChI is InChI=1S/C17H17N5O/c1-13-18-9-10-22(13)16-11-15(19-12-20-16)21-17(23)8-7-14-5-3-2-4-6-14/h2-6,9-12H,7-8H2,1H3,(H,19,20,21,23). The first kappa shape index (κ1) is 14.9. The van der Waals surface area contributed by atoms with Gasteiger partial charge in [0.15, 0.2) is 0 Å². The fourth-order valence-electron chi connectivity index (χ4n) is 2.28. The number of carbonyl (C=O) groups is 1. The van der Waals surface area contributed by atoms with Crippen LogP contribution in [-0.2, 0) is 11.2 Å². The second-order valence-electron chi connectivity index (χ2n) is 5.14. The molecule has 2 aromatic heterocycles. The van der Waals surface area contributed by atoms with Crippen LogP contribution in [0.2, 0.25) is 0 Å². The second kappa shape index (κ2) is 6.83. The maximum Gasteiger partial charge on any atom is 0.225 e. The average Bonchev–Trinajstić information content (AvgIpc) is 3.00. The van der Waals surface area contributed by atoms with E-state index in [0.717, 1.165) is 11.4 Å². The van der Waals surface area contributed by atoms with Crippen molar-refractivity contribution in [1.82, 2.24) is 19.5 Å². The summed E-state index contributed by atoms with van der Waals surface area (Å²) >= 11 is 0. The van der Waals surface area contributed by atoms with Crippen LogP contribution in [0.5, 0.6) is 0 Å². The van der Waals surface area contributed by atoms with Crippen molar-refractivity contribution < 1.29 is 4.79 Å². The smallest absolute Gasteiger partial charge is 0.225 e. The molecular weight excluding hydrogens is 290 g/mol. The van der Waals surface area contributed by atoms with Gasteiger partial charge in [-0.05, 0) is 18.9 Å². The fourth-order valence-corrected chi connectivity index (χ4v) is 2.28. The summed E-state index contributed by atoms with van der Waals surface area (Å²) in [4.78, 5) is 24.5. The predicted octanol–water partition coefficient (Wildman–Crippen LogP) is 2.54. The molecule has 0 saturated heterocycles. The number of imidazole rings is 1. The van der Waals surface area contributed by atoms with E-state index in [1.807, 2.05) is 48.0 Å². The number of nitrogens with one attached hydrogen (secondary N) is 1. The third-order valence-electron chi connectivity index (χ3n) is 3.48. The molecular formula is C17H17N5O. The summed E-state index contributed by atoms with van der Waals surface area (Å²) in [6.45, 7) is 1.89. The molecule has 0 bridgehead atoms. The quantitative estimate of drug-likeness (QED) is 0.786. The van der Waals surface area contributed by atoms with Crippen molar-refractivity contribution in [3.63, 3.8) is 0 Å². The molecule has 6 heteroatoms. The average molecular weight is 307 g/mol. The van der Waals surface area contributed by atoms with Gasteiger partial charge >= 0.3 is 0 Å². The molecule has 0 aliphatic heterocycles. The number of anilines is 1. The summed E-state index contributed by atoms with van der Waals surface area (Å²) < 4.78 is 1.83. The van der Waals surface area contributed by atoms with Gasteiger partial charge in [-0.15, -0.1) is 0 Å². The van der Waals surface area contributed by atoms with Crippen molar-refractivity contribution in [3.8, 4) is 5.82 Å². The van der Waals surface area contributed by atoms with Crippen LogP contribution >= 0.6 is 0 Å². The van der Waals surface area contributed by atoms with Gasteiger partial charge in [-0.25, -0.2) is 15.0 Å². The number of amides is 1. The highest BCUT2D eigenvalue weighted by Crippen LogP contribution is 2.11. The Morgan fingerprint density at radius 1 is 1.17 bits per heavy atom. The number of hydrogen-bond acceptors (Lipinski definition) is 4. The van der Waals surface area contributed by atoms with E-state index in [9.17, 15) is 4.79 Å². The van der Waals surface area contributed by atoms with Crippen LogP contribution in [0.4, 0.5) is 5.82 Å². The zero-order valence-electron chi connectivity index (χ0n) is 12.8. The first-order valence-electron chi connectivity index (χ1n) is 7.38. The summed E-state index contributed by atoms with van der Waals surface area (Å²) in [6.07, 6.45) is 6.06. The van der Waals surface area contributed by atoms with E-state index >= 15 is 0 Å². The summed E-state index contributed by atoms with van der Waals surface area (Å²) in [6, 6.07) is 11.7. The number of benzene rings is 1. The summed E-state index contributed by atoms with van der Waals surface area (Å²) in [5.74, 6) is 1.92. The lowest BCUT2D eigenvalue weighted by atomic mass is 10.1. The van der Waals surface area contributed by atoms with E-state index in [0.29, 0.717) is 24.5 Å². The normalized spacial score (nSPS) is 10.5. The number of hydrogen-bond donors (Lipinski definition) is 1. The van der Waals surface area contributed by atoms with E-state index in [4.69, 9.17) is 0 Å². The molecule has 0 atom stereocenters. The van der Waals surface area contributed by atoms with Crippen LogP contribution in [0.3, 0.4) is 0 Å². The highest BCUT2D eigenvalue weighted by atomic mass is 16.1. The van der Waals surface area contributed by atoms with Crippen molar-refractivity contribution in [2.75, 3.05) is 5.32 Å². The van der Waals surface area contributed by atoms with E-state index in [1.165, 1.54) is 6.33 Å². The minimum atomic E-state index is -0.0687. The molecule has 0 spiro atoms. The zero-order chi connectivity index (χ0) is 16.1. The van der Waals surface area contributed by atoms with Crippen molar-refractivity contribution in [2.45, 2.75) is 19.8 Å². The molecule has 1 aromatic carbocycles. The lowest BCUT2D eigenvalue weighted by Gasteiger charge is -2.07. The number of rotatable bonds is 5. The van der Waals surface area contributed by atoms with Crippen molar-refractivity contribution in [1.29, 1.82) is 0 Å². The topological polar surface area (TPSA) is 72.7 Å². The second-order valence-corrected chi connectivity index (χ2v) is 5.14. The molecule has 0 radical (unpaired) electrons. The Morgan fingerprint density at radius 2 is 2.00 bits per heavy atom. The molecule has 0 unspecified atom stereocenters. The molecule has 0 fully saturated rings. The van der Waals surface area contributed by atoms with Crippen LogP contribution < -0.4 is 5.32 Å². The molecule has 0 saturated carbocycles. The number of carbonyl (C=O) groups excluding carboxylic acids is 1. The van der Waals surface area contributed by atoms with E-state index in [-0.39, 0.29) is 5.91 Å². The fraction of sp³-hybridized carbons (Fsp3) is 0.176. The number of aromatic nitrogens is 4. The van der Waals surface area contributed by atoms with Crippen molar-refractivity contribution in [2.24, 2.45) is 0 Å². The highest BCUT2D eigenvalue weighted by Gasteiger charge is 2.07. The van der Waals surface area contributed by atoms with Gasteiger partial charge in [-0.1, -0.05) is 30.3 Å². The Kier molecular flexibility index (Phi) is 4.42. The van der Waals surface area contributed by atoms with Gasteiger partial charge in [-0.3, -0.25) is 9.36 Å². The molecule has 116 valence electrons. The summed E-state index contributed by atoms with van der Waals surface area (Å²) in [7, 11) is 0. The summed E-state index contributed by atoms with van der Waals surface area (Å²) in [5, 5.41) is 2.81. The Morgan fingerprint density at radius 3 is 2.74 bits per heavy atom. The third kappa shape index (κ3) is 3.79.